The van der Waals surface area contributed by atoms with Gasteiger partial charge >= 0.3 is 12.1 Å². The van der Waals surface area contributed by atoms with Crippen LogP contribution in [0.25, 0.3) is 0 Å². The zero-order valence-electron chi connectivity index (χ0n) is 14.8. The highest BCUT2D eigenvalue weighted by Crippen LogP contribution is 2.35. The molecular weight excluding hydrogens is 349 g/mol. The summed E-state index contributed by atoms with van der Waals surface area (Å²) in [5.41, 5.74) is 0.00197. The summed E-state index contributed by atoms with van der Waals surface area (Å²) in [6.07, 6.45) is -1.92. The number of anilines is 1. The zero-order chi connectivity index (χ0) is 18.7. The van der Waals surface area contributed by atoms with Crippen LogP contribution in [0.5, 0.6) is 0 Å². The molecule has 26 heavy (non-hydrogen) atoms. The molecule has 144 valence electrons. The first-order chi connectivity index (χ1) is 12.4. The van der Waals surface area contributed by atoms with E-state index in [0.717, 1.165) is 12.8 Å². The van der Waals surface area contributed by atoms with Gasteiger partial charge in [-0.2, -0.15) is 13.2 Å². The Kier molecular flexibility index (Phi) is 5.64. The maximum absolute atomic E-state index is 13.4. The van der Waals surface area contributed by atoms with Crippen LogP contribution in [0.4, 0.5) is 19.1 Å². The van der Waals surface area contributed by atoms with Gasteiger partial charge in [0.05, 0.1) is 13.2 Å². The molecule has 0 atom stereocenters. The molecular formula is C17H23F3N4O2. The molecule has 1 aromatic heterocycles. The van der Waals surface area contributed by atoms with Gasteiger partial charge in [0.15, 0.2) is 5.69 Å². The van der Waals surface area contributed by atoms with Gasteiger partial charge in [0.1, 0.15) is 0 Å². The van der Waals surface area contributed by atoms with Crippen LogP contribution in [0, 0.1) is 0 Å². The molecule has 0 spiro atoms. The Morgan fingerprint density at radius 3 is 2.46 bits per heavy atom. The molecule has 0 N–H and O–H groups in total. The molecule has 0 unspecified atom stereocenters. The summed E-state index contributed by atoms with van der Waals surface area (Å²) in [6.45, 7) is 4.36. The molecule has 2 heterocycles. The molecule has 0 amide bonds. The van der Waals surface area contributed by atoms with E-state index in [1.54, 1.807) is 11.8 Å². The molecule has 2 aliphatic rings. The van der Waals surface area contributed by atoms with Crippen molar-refractivity contribution < 1.29 is 22.7 Å². The number of ether oxygens (including phenoxy) is 1. The molecule has 9 heteroatoms. The number of aromatic nitrogens is 2. The van der Waals surface area contributed by atoms with Gasteiger partial charge in [0, 0.05) is 37.4 Å². The Hall–Kier alpha value is -1.90. The standard InChI is InChI=1S/C17H23F3N4O2/c1-2-26-14(25)11-23-7-9-24(10-8-23)16-21-13-6-4-3-5-12(13)15(22-16)17(18,19)20/h2-11H2,1H3. The highest BCUT2D eigenvalue weighted by atomic mass is 19.4. The molecule has 0 radical (unpaired) electrons. The molecule has 0 aromatic carbocycles. The summed E-state index contributed by atoms with van der Waals surface area (Å²) >= 11 is 0. The number of hydrogen-bond donors (Lipinski definition) is 0. The molecule has 1 aromatic rings. The third-order valence-corrected chi connectivity index (χ3v) is 4.75. The lowest BCUT2D eigenvalue weighted by atomic mass is 9.94. The van der Waals surface area contributed by atoms with E-state index < -0.39 is 11.9 Å². The van der Waals surface area contributed by atoms with Gasteiger partial charge in [0.2, 0.25) is 5.95 Å². The highest BCUT2D eigenvalue weighted by Gasteiger charge is 2.38. The number of piperazine rings is 1. The first-order valence-corrected chi connectivity index (χ1v) is 8.98. The van der Waals surface area contributed by atoms with E-state index in [2.05, 4.69) is 9.97 Å². The Balaban J connectivity index is 1.73. The predicted octanol–water partition coefficient (Wildman–Crippen LogP) is 2.06. The van der Waals surface area contributed by atoms with E-state index in [-0.39, 0.29) is 24.0 Å². The first-order valence-electron chi connectivity index (χ1n) is 8.98. The molecule has 1 fully saturated rings. The number of alkyl halides is 3. The molecule has 0 saturated carbocycles. The van der Waals surface area contributed by atoms with E-state index in [1.807, 2.05) is 4.90 Å². The molecule has 3 rings (SSSR count). The SMILES string of the molecule is CCOC(=O)CN1CCN(c2nc3c(c(C(F)(F)F)n2)CCCC3)CC1. The minimum Gasteiger partial charge on any atom is -0.465 e. The van der Waals surface area contributed by atoms with Crippen molar-refractivity contribution in [2.24, 2.45) is 0 Å². The summed E-state index contributed by atoms with van der Waals surface area (Å²) in [6, 6.07) is 0. The maximum atomic E-state index is 13.4. The zero-order valence-corrected chi connectivity index (χ0v) is 14.8. The first kappa shape index (κ1) is 18.9. The topological polar surface area (TPSA) is 58.6 Å². The minimum absolute atomic E-state index is 0.147. The van der Waals surface area contributed by atoms with Crippen molar-refractivity contribution in [2.75, 3.05) is 44.2 Å². The number of aryl methyl sites for hydroxylation is 1. The van der Waals surface area contributed by atoms with Crippen LogP contribution in [0.1, 0.15) is 36.7 Å². The van der Waals surface area contributed by atoms with Crippen LogP contribution < -0.4 is 4.90 Å². The monoisotopic (exact) mass is 372 g/mol. The molecule has 1 aliphatic carbocycles. The smallest absolute Gasteiger partial charge is 0.433 e. The Bertz CT molecular complexity index is 658. The van der Waals surface area contributed by atoms with Crippen molar-refractivity contribution >= 4 is 11.9 Å². The quantitative estimate of drug-likeness (QED) is 0.754. The van der Waals surface area contributed by atoms with Gasteiger partial charge < -0.3 is 9.64 Å². The van der Waals surface area contributed by atoms with E-state index >= 15 is 0 Å². The summed E-state index contributed by atoms with van der Waals surface area (Å²) < 4.78 is 45.2. The average molecular weight is 372 g/mol. The summed E-state index contributed by atoms with van der Waals surface area (Å²) in [4.78, 5) is 23.6. The molecule has 1 saturated heterocycles. The van der Waals surface area contributed by atoms with Crippen LogP contribution in [0.2, 0.25) is 0 Å². The largest absolute Gasteiger partial charge is 0.465 e. The fourth-order valence-electron chi connectivity index (χ4n) is 3.45. The third-order valence-electron chi connectivity index (χ3n) is 4.75. The van der Waals surface area contributed by atoms with Crippen molar-refractivity contribution in [2.45, 2.75) is 38.8 Å². The van der Waals surface area contributed by atoms with Crippen LogP contribution in [0.15, 0.2) is 0 Å². The number of rotatable bonds is 4. The number of hydrogen-bond acceptors (Lipinski definition) is 6. The maximum Gasteiger partial charge on any atom is 0.433 e. The lowest BCUT2D eigenvalue weighted by molar-refractivity contribution is -0.144. The summed E-state index contributed by atoms with van der Waals surface area (Å²) in [5.74, 6) is -0.140. The van der Waals surface area contributed by atoms with Crippen molar-refractivity contribution in [3.63, 3.8) is 0 Å². The summed E-state index contributed by atoms with van der Waals surface area (Å²) in [7, 11) is 0. The molecule has 6 nitrogen and oxygen atoms in total. The van der Waals surface area contributed by atoms with Crippen molar-refractivity contribution in [1.29, 1.82) is 0 Å². The Morgan fingerprint density at radius 2 is 1.81 bits per heavy atom. The van der Waals surface area contributed by atoms with Gasteiger partial charge in [-0.15, -0.1) is 0 Å². The van der Waals surface area contributed by atoms with Crippen LogP contribution >= 0.6 is 0 Å². The second kappa shape index (κ2) is 7.77. The number of fused-ring (bicyclic) bond motifs is 1. The van der Waals surface area contributed by atoms with E-state index in [0.29, 0.717) is 51.3 Å². The third kappa shape index (κ3) is 4.25. The van der Waals surface area contributed by atoms with Crippen LogP contribution in [-0.4, -0.2) is 60.2 Å². The van der Waals surface area contributed by atoms with Gasteiger partial charge in [-0.1, -0.05) is 0 Å². The lowest BCUT2D eigenvalue weighted by Gasteiger charge is -2.34. The van der Waals surface area contributed by atoms with Gasteiger partial charge in [-0.3, -0.25) is 9.69 Å². The number of nitrogens with zero attached hydrogens (tertiary/aromatic N) is 4. The predicted molar refractivity (Wildman–Crippen MR) is 89.0 cm³/mol. The normalized spacial score (nSPS) is 18.5. The van der Waals surface area contributed by atoms with Crippen molar-refractivity contribution in [3.8, 4) is 0 Å². The van der Waals surface area contributed by atoms with Gasteiger partial charge in [-0.25, -0.2) is 9.97 Å². The number of carbonyl (C=O) groups excluding carboxylic acids is 1. The molecule has 1 aliphatic heterocycles. The second-order valence-electron chi connectivity index (χ2n) is 6.57. The lowest BCUT2D eigenvalue weighted by Crippen LogP contribution is -2.49. The van der Waals surface area contributed by atoms with Crippen LogP contribution in [-0.2, 0) is 28.5 Å². The van der Waals surface area contributed by atoms with Crippen LogP contribution in [0.3, 0.4) is 0 Å². The van der Waals surface area contributed by atoms with Gasteiger partial charge in [0.25, 0.3) is 0 Å². The number of esters is 1. The van der Waals surface area contributed by atoms with E-state index in [1.165, 1.54) is 0 Å². The van der Waals surface area contributed by atoms with Crippen molar-refractivity contribution in [1.82, 2.24) is 14.9 Å². The average Bonchev–Trinajstić information content (AvgIpc) is 2.61. The van der Waals surface area contributed by atoms with Crippen molar-refractivity contribution in [3.05, 3.63) is 17.0 Å². The number of halogens is 3. The fourth-order valence-corrected chi connectivity index (χ4v) is 3.45. The number of carbonyl (C=O) groups is 1. The Labute approximate surface area is 150 Å². The summed E-state index contributed by atoms with van der Waals surface area (Å²) in [5, 5.41) is 0. The minimum atomic E-state index is -4.47. The molecule has 0 bridgehead atoms. The van der Waals surface area contributed by atoms with Gasteiger partial charge in [-0.05, 0) is 32.6 Å². The Morgan fingerprint density at radius 1 is 1.12 bits per heavy atom. The van der Waals surface area contributed by atoms with E-state index in [9.17, 15) is 18.0 Å². The highest BCUT2D eigenvalue weighted by molar-refractivity contribution is 5.71. The van der Waals surface area contributed by atoms with E-state index in [4.69, 9.17) is 4.74 Å². The fraction of sp³-hybridized carbons (Fsp3) is 0.706. The second-order valence-corrected chi connectivity index (χ2v) is 6.57.